The number of methoxy groups -OCH3 is 2. The van der Waals surface area contributed by atoms with Crippen LogP contribution < -0.4 is 14.8 Å². The van der Waals surface area contributed by atoms with Crippen LogP contribution in [0.25, 0.3) is 6.08 Å². The van der Waals surface area contributed by atoms with Gasteiger partial charge in [-0.3, -0.25) is 4.79 Å². The highest BCUT2D eigenvalue weighted by molar-refractivity contribution is 6.30. The summed E-state index contributed by atoms with van der Waals surface area (Å²) < 4.78 is 28.3. The summed E-state index contributed by atoms with van der Waals surface area (Å²) in [5, 5.41) is 2.52. The van der Waals surface area contributed by atoms with Gasteiger partial charge in [0.2, 0.25) is 0 Å². The molecular weight excluding hydrogens is 389 g/mol. The molecule has 148 valence electrons. The Bertz CT molecular complexity index is 885. The molecule has 1 amide bonds. The topological polar surface area (TPSA) is 73.9 Å². The first-order valence-electron chi connectivity index (χ1n) is 8.20. The van der Waals surface area contributed by atoms with Gasteiger partial charge in [-0.1, -0.05) is 23.7 Å². The highest BCUT2D eigenvalue weighted by Gasteiger charge is 2.07. The van der Waals surface area contributed by atoms with Crippen molar-refractivity contribution in [3.63, 3.8) is 0 Å². The van der Waals surface area contributed by atoms with E-state index in [1.165, 1.54) is 44.6 Å². The number of ether oxygens (including phenoxy) is 3. The smallest absolute Gasteiger partial charge is 0.331 e. The van der Waals surface area contributed by atoms with Crippen molar-refractivity contribution in [1.29, 1.82) is 0 Å². The fourth-order valence-electron chi connectivity index (χ4n) is 2.21. The van der Waals surface area contributed by atoms with E-state index in [4.69, 9.17) is 25.8 Å². The molecule has 0 spiro atoms. The van der Waals surface area contributed by atoms with E-state index in [0.717, 1.165) is 0 Å². The monoisotopic (exact) mass is 407 g/mol. The van der Waals surface area contributed by atoms with Gasteiger partial charge >= 0.3 is 5.97 Å². The molecule has 6 nitrogen and oxygen atoms in total. The zero-order valence-corrected chi connectivity index (χ0v) is 16.1. The van der Waals surface area contributed by atoms with E-state index in [1.54, 1.807) is 18.2 Å². The van der Waals surface area contributed by atoms with E-state index in [0.29, 0.717) is 22.6 Å². The lowest BCUT2D eigenvalue weighted by Gasteiger charge is -2.07. The number of carbonyl (C=O) groups excluding carboxylic acids is 2. The summed E-state index contributed by atoms with van der Waals surface area (Å²) in [5.41, 5.74) is 1.33. The SMILES string of the molecule is COc1ccc(C=CC(=O)OCC(=O)NCc2ccc(F)c(Cl)c2)cc1OC. The average molecular weight is 408 g/mol. The molecule has 0 radical (unpaired) electrons. The van der Waals surface area contributed by atoms with E-state index in [2.05, 4.69) is 5.32 Å². The standard InChI is InChI=1S/C20H19ClFNO5/c1-26-17-7-4-13(10-18(17)27-2)5-8-20(25)28-12-19(24)23-11-14-3-6-16(22)15(21)9-14/h3-10H,11-12H2,1-2H3,(H,23,24). The molecule has 0 heterocycles. The van der Waals surface area contributed by atoms with Gasteiger partial charge in [0, 0.05) is 12.6 Å². The Morgan fingerprint density at radius 1 is 1.11 bits per heavy atom. The van der Waals surface area contributed by atoms with Crippen LogP contribution in [-0.4, -0.2) is 32.7 Å². The van der Waals surface area contributed by atoms with Gasteiger partial charge in [0.15, 0.2) is 18.1 Å². The number of benzene rings is 2. The summed E-state index contributed by atoms with van der Waals surface area (Å²) >= 11 is 5.67. The van der Waals surface area contributed by atoms with Gasteiger partial charge in [0.1, 0.15) is 5.82 Å². The molecule has 0 atom stereocenters. The summed E-state index contributed by atoms with van der Waals surface area (Å²) in [5.74, 6) is -0.602. The van der Waals surface area contributed by atoms with Crippen LogP contribution in [0.1, 0.15) is 11.1 Å². The number of carbonyl (C=O) groups is 2. The average Bonchev–Trinajstić information content (AvgIpc) is 2.71. The fraction of sp³-hybridized carbons (Fsp3) is 0.200. The summed E-state index contributed by atoms with van der Waals surface area (Å²) in [7, 11) is 3.04. The largest absolute Gasteiger partial charge is 0.493 e. The number of hydrogen-bond acceptors (Lipinski definition) is 5. The second kappa shape index (κ2) is 10.3. The van der Waals surface area contributed by atoms with Gasteiger partial charge in [0.05, 0.1) is 19.2 Å². The number of rotatable bonds is 8. The zero-order valence-electron chi connectivity index (χ0n) is 15.3. The van der Waals surface area contributed by atoms with Crippen LogP contribution in [0, 0.1) is 5.82 Å². The quantitative estimate of drug-likeness (QED) is 0.536. The van der Waals surface area contributed by atoms with Gasteiger partial charge in [0.25, 0.3) is 5.91 Å². The van der Waals surface area contributed by atoms with Crippen LogP contribution in [0.3, 0.4) is 0 Å². The van der Waals surface area contributed by atoms with Crippen molar-refractivity contribution < 1.29 is 28.2 Å². The van der Waals surface area contributed by atoms with Crippen molar-refractivity contribution >= 4 is 29.6 Å². The molecule has 0 unspecified atom stereocenters. The summed E-state index contributed by atoms with van der Waals surface area (Å²) in [4.78, 5) is 23.5. The third-order valence-electron chi connectivity index (χ3n) is 3.64. The zero-order chi connectivity index (χ0) is 20.5. The maximum Gasteiger partial charge on any atom is 0.331 e. The predicted molar refractivity (Wildman–Crippen MR) is 103 cm³/mol. The second-order valence-electron chi connectivity index (χ2n) is 5.58. The highest BCUT2D eigenvalue weighted by atomic mass is 35.5. The third-order valence-corrected chi connectivity index (χ3v) is 3.93. The molecule has 0 aliphatic rings. The Balaban J connectivity index is 1.80. The van der Waals surface area contributed by atoms with Gasteiger partial charge in [-0.25, -0.2) is 9.18 Å². The van der Waals surface area contributed by atoms with Crippen LogP contribution in [-0.2, 0) is 20.9 Å². The molecule has 0 saturated heterocycles. The Labute approximate surface area is 166 Å². The number of amides is 1. The Morgan fingerprint density at radius 2 is 1.86 bits per heavy atom. The Hall–Kier alpha value is -3.06. The summed E-state index contributed by atoms with van der Waals surface area (Å²) in [6.45, 7) is -0.304. The van der Waals surface area contributed by atoms with Crippen molar-refractivity contribution in [3.8, 4) is 11.5 Å². The minimum Gasteiger partial charge on any atom is -0.493 e. The van der Waals surface area contributed by atoms with E-state index >= 15 is 0 Å². The molecule has 28 heavy (non-hydrogen) atoms. The van der Waals surface area contributed by atoms with E-state index in [-0.39, 0.29) is 11.6 Å². The Morgan fingerprint density at radius 3 is 2.54 bits per heavy atom. The summed E-state index contributed by atoms with van der Waals surface area (Å²) in [6.07, 6.45) is 2.73. The van der Waals surface area contributed by atoms with Crippen molar-refractivity contribution in [2.75, 3.05) is 20.8 Å². The van der Waals surface area contributed by atoms with Crippen LogP contribution in [0.15, 0.2) is 42.5 Å². The number of esters is 1. The van der Waals surface area contributed by atoms with Crippen LogP contribution in [0.2, 0.25) is 5.02 Å². The van der Waals surface area contributed by atoms with Crippen LogP contribution in [0.4, 0.5) is 4.39 Å². The minimum atomic E-state index is -0.672. The molecule has 2 aromatic carbocycles. The first kappa shape index (κ1) is 21.2. The second-order valence-corrected chi connectivity index (χ2v) is 5.99. The Kier molecular flexibility index (Phi) is 7.83. The molecule has 0 fully saturated rings. The molecule has 8 heteroatoms. The lowest BCUT2D eigenvalue weighted by molar-refractivity contribution is -0.143. The van der Waals surface area contributed by atoms with Gasteiger partial charge < -0.3 is 19.5 Å². The fourth-order valence-corrected chi connectivity index (χ4v) is 2.41. The van der Waals surface area contributed by atoms with Gasteiger partial charge in [-0.15, -0.1) is 0 Å². The van der Waals surface area contributed by atoms with Crippen molar-refractivity contribution in [3.05, 3.63) is 64.4 Å². The normalized spacial score (nSPS) is 10.6. The minimum absolute atomic E-state index is 0.0292. The number of hydrogen-bond donors (Lipinski definition) is 1. The lowest BCUT2D eigenvalue weighted by Crippen LogP contribution is -2.28. The lowest BCUT2D eigenvalue weighted by atomic mass is 10.2. The van der Waals surface area contributed by atoms with Crippen LogP contribution in [0.5, 0.6) is 11.5 Å². The maximum atomic E-state index is 13.1. The molecule has 0 aliphatic carbocycles. The van der Waals surface area contributed by atoms with Crippen molar-refractivity contribution in [1.82, 2.24) is 5.32 Å². The molecule has 0 saturated carbocycles. The van der Waals surface area contributed by atoms with E-state index in [9.17, 15) is 14.0 Å². The number of halogens is 2. The molecular formula is C20H19ClFNO5. The molecule has 0 aliphatic heterocycles. The van der Waals surface area contributed by atoms with Crippen molar-refractivity contribution in [2.24, 2.45) is 0 Å². The van der Waals surface area contributed by atoms with Crippen molar-refractivity contribution in [2.45, 2.75) is 6.54 Å². The highest BCUT2D eigenvalue weighted by Crippen LogP contribution is 2.27. The molecule has 2 aromatic rings. The first-order chi connectivity index (χ1) is 13.4. The predicted octanol–water partition coefficient (Wildman–Crippen LogP) is 3.37. The molecule has 0 bridgehead atoms. The van der Waals surface area contributed by atoms with Gasteiger partial charge in [-0.05, 0) is 41.5 Å². The maximum absolute atomic E-state index is 13.1. The molecule has 0 aromatic heterocycles. The van der Waals surface area contributed by atoms with Gasteiger partial charge in [-0.2, -0.15) is 0 Å². The number of nitrogens with one attached hydrogen (secondary N) is 1. The molecule has 2 rings (SSSR count). The summed E-state index contributed by atoms with van der Waals surface area (Å²) in [6, 6.07) is 9.27. The van der Waals surface area contributed by atoms with E-state index in [1.807, 2.05) is 0 Å². The first-order valence-corrected chi connectivity index (χ1v) is 8.58. The molecule has 1 N–H and O–H groups in total. The van der Waals surface area contributed by atoms with E-state index < -0.39 is 24.3 Å². The third kappa shape index (κ3) is 6.28. The van der Waals surface area contributed by atoms with Crippen LogP contribution >= 0.6 is 11.6 Å².